The van der Waals surface area contributed by atoms with Gasteiger partial charge in [-0.15, -0.1) is 0 Å². The minimum atomic E-state index is -0.842. The van der Waals surface area contributed by atoms with E-state index >= 15 is 0 Å². The highest BCUT2D eigenvalue weighted by molar-refractivity contribution is 5.76. The molecule has 2 aliphatic rings. The number of likely N-dealkylation sites (N-methyl/N-ethyl adjacent to an activating group) is 1. The van der Waals surface area contributed by atoms with Gasteiger partial charge in [0.2, 0.25) is 0 Å². The van der Waals surface area contributed by atoms with E-state index in [4.69, 9.17) is 5.11 Å². The first-order chi connectivity index (χ1) is 9.47. The van der Waals surface area contributed by atoms with E-state index in [1.807, 2.05) is 0 Å². The lowest BCUT2D eigenvalue weighted by atomic mass is 10.1. The molecule has 0 bridgehead atoms. The molecule has 3 atom stereocenters. The molecule has 0 radical (unpaired) electrons. The maximum atomic E-state index is 11.8. The minimum absolute atomic E-state index is 0.187. The second kappa shape index (κ2) is 6.26. The lowest BCUT2D eigenvalue weighted by molar-refractivity contribution is -0.140. The lowest BCUT2D eigenvalue weighted by Crippen LogP contribution is -2.46. The third kappa shape index (κ3) is 3.96. The Morgan fingerprint density at radius 2 is 2.10 bits per heavy atom. The largest absolute Gasteiger partial charge is 0.481 e. The first-order valence-electron chi connectivity index (χ1n) is 7.14. The number of carbonyl (C=O) groups is 2. The number of carboxylic acids is 1. The molecule has 2 amide bonds. The molecule has 0 aromatic rings. The molecule has 0 spiro atoms. The highest BCUT2D eigenvalue weighted by Gasteiger charge is 2.29. The quantitative estimate of drug-likeness (QED) is 0.629. The molecule has 2 aliphatic carbocycles. The predicted octanol–water partition coefficient (Wildman–Crippen LogP) is 0.798. The third-order valence-electron chi connectivity index (χ3n) is 4.09. The Morgan fingerprint density at radius 1 is 1.40 bits per heavy atom. The van der Waals surface area contributed by atoms with Crippen molar-refractivity contribution < 1.29 is 14.7 Å². The van der Waals surface area contributed by atoms with Crippen molar-refractivity contribution in [1.82, 2.24) is 15.5 Å². The molecule has 6 nitrogen and oxygen atoms in total. The summed E-state index contributed by atoms with van der Waals surface area (Å²) in [6.45, 7) is 2.69. The van der Waals surface area contributed by atoms with Crippen molar-refractivity contribution in [3.63, 3.8) is 0 Å². The monoisotopic (exact) mass is 281 g/mol. The first kappa shape index (κ1) is 14.8. The Hall–Kier alpha value is -1.56. The van der Waals surface area contributed by atoms with Crippen LogP contribution in [0.1, 0.15) is 26.2 Å². The highest BCUT2D eigenvalue weighted by atomic mass is 16.4. The van der Waals surface area contributed by atoms with Crippen LogP contribution in [0.3, 0.4) is 0 Å². The zero-order valence-corrected chi connectivity index (χ0v) is 12.0. The fraction of sp³-hybridized carbons (Fsp3) is 0.714. The summed E-state index contributed by atoms with van der Waals surface area (Å²) in [7, 11) is 2.08. The molecule has 0 aromatic heterocycles. The van der Waals surface area contributed by atoms with Gasteiger partial charge in [0.05, 0.1) is 12.0 Å². The zero-order valence-electron chi connectivity index (χ0n) is 12.0. The van der Waals surface area contributed by atoms with E-state index in [1.54, 1.807) is 12.2 Å². The molecule has 0 aliphatic heterocycles. The smallest absolute Gasteiger partial charge is 0.315 e. The molecule has 1 saturated carbocycles. The fourth-order valence-corrected chi connectivity index (χ4v) is 2.43. The van der Waals surface area contributed by atoms with E-state index < -0.39 is 11.9 Å². The van der Waals surface area contributed by atoms with Gasteiger partial charge < -0.3 is 15.7 Å². The van der Waals surface area contributed by atoms with Gasteiger partial charge in [-0.2, -0.15) is 0 Å². The van der Waals surface area contributed by atoms with E-state index in [1.165, 1.54) is 12.8 Å². The van der Waals surface area contributed by atoms with Crippen LogP contribution in [-0.4, -0.2) is 53.7 Å². The SMILES string of the molecule is CC(CNC(=O)NC1C=CC(C(=O)O)C1)N(C)C1CC1. The molecule has 3 N–H and O–H groups in total. The minimum Gasteiger partial charge on any atom is -0.481 e. The summed E-state index contributed by atoms with van der Waals surface area (Å²) in [5, 5.41) is 14.5. The first-order valence-corrected chi connectivity index (χ1v) is 7.14. The molecule has 1 fully saturated rings. The summed E-state index contributed by atoms with van der Waals surface area (Å²) in [5.41, 5.74) is 0. The topological polar surface area (TPSA) is 81.7 Å². The Labute approximate surface area is 119 Å². The summed E-state index contributed by atoms with van der Waals surface area (Å²) < 4.78 is 0. The average Bonchev–Trinajstić information content (AvgIpc) is 3.15. The molecule has 6 heteroatoms. The van der Waals surface area contributed by atoms with Gasteiger partial charge >= 0.3 is 12.0 Å². The molecule has 0 aromatic carbocycles. The van der Waals surface area contributed by atoms with Gasteiger partial charge in [-0.05, 0) is 33.2 Å². The number of amides is 2. The molecule has 0 saturated heterocycles. The van der Waals surface area contributed by atoms with Crippen LogP contribution in [0.5, 0.6) is 0 Å². The molecular formula is C14H23N3O3. The number of rotatable bonds is 6. The summed E-state index contributed by atoms with van der Waals surface area (Å²) in [6, 6.07) is 0.553. The van der Waals surface area contributed by atoms with Gasteiger partial charge in [0.15, 0.2) is 0 Å². The van der Waals surface area contributed by atoms with Crippen LogP contribution in [0, 0.1) is 5.92 Å². The normalized spacial score (nSPS) is 26.6. The summed E-state index contributed by atoms with van der Waals surface area (Å²) in [4.78, 5) is 24.9. The number of nitrogens with one attached hydrogen (secondary N) is 2. The van der Waals surface area contributed by atoms with Gasteiger partial charge in [-0.3, -0.25) is 9.69 Å². The molecule has 112 valence electrons. The van der Waals surface area contributed by atoms with Crippen LogP contribution in [0.15, 0.2) is 12.2 Å². The second-order valence-electron chi connectivity index (χ2n) is 5.77. The number of carbonyl (C=O) groups excluding carboxylic acids is 1. The molecular weight excluding hydrogens is 258 g/mol. The molecule has 20 heavy (non-hydrogen) atoms. The number of carboxylic acid groups (broad SMARTS) is 1. The van der Waals surface area contributed by atoms with Crippen molar-refractivity contribution in [2.24, 2.45) is 5.92 Å². The predicted molar refractivity (Wildman–Crippen MR) is 75.5 cm³/mol. The van der Waals surface area contributed by atoms with E-state index in [2.05, 4.69) is 29.5 Å². The number of hydrogen-bond donors (Lipinski definition) is 3. The Balaban J connectivity index is 1.66. The van der Waals surface area contributed by atoms with Crippen molar-refractivity contribution in [3.8, 4) is 0 Å². The maximum Gasteiger partial charge on any atom is 0.315 e. The second-order valence-corrected chi connectivity index (χ2v) is 5.77. The maximum absolute atomic E-state index is 11.8. The Bertz CT molecular complexity index is 406. The Kier molecular flexibility index (Phi) is 4.65. The van der Waals surface area contributed by atoms with Crippen molar-refractivity contribution in [1.29, 1.82) is 0 Å². The van der Waals surface area contributed by atoms with E-state index in [9.17, 15) is 9.59 Å². The van der Waals surface area contributed by atoms with Crippen LogP contribution < -0.4 is 10.6 Å². The van der Waals surface area contributed by atoms with Crippen LogP contribution >= 0.6 is 0 Å². The lowest BCUT2D eigenvalue weighted by Gasteiger charge is -2.25. The molecule has 3 unspecified atom stereocenters. The van der Waals surface area contributed by atoms with Crippen molar-refractivity contribution in [2.45, 2.75) is 44.3 Å². The Morgan fingerprint density at radius 3 is 2.65 bits per heavy atom. The van der Waals surface area contributed by atoms with E-state index in [0.717, 1.165) is 0 Å². The zero-order chi connectivity index (χ0) is 14.7. The van der Waals surface area contributed by atoms with Crippen molar-refractivity contribution in [3.05, 3.63) is 12.2 Å². The van der Waals surface area contributed by atoms with Crippen molar-refractivity contribution in [2.75, 3.05) is 13.6 Å². The number of urea groups is 1. The van der Waals surface area contributed by atoms with Crippen LogP contribution in [-0.2, 0) is 4.79 Å². The van der Waals surface area contributed by atoms with Gasteiger partial charge in [-0.1, -0.05) is 12.2 Å². The average molecular weight is 281 g/mol. The van der Waals surface area contributed by atoms with E-state index in [-0.39, 0.29) is 12.1 Å². The standard InChI is InChI=1S/C14H23N3O3/c1-9(17(2)12-5-6-12)8-15-14(20)16-11-4-3-10(7-11)13(18)19/h3-4,9-12H,5-8H2,1-2H3,(H,18,19)(H2,15,16,20). The fourth-order valence-electron chi connectivity index (χ4n) is 2.43. The van der Waals surface area contributed by atoms with Gasteiger partial charge in [0.1, 0.15) is 0 Å². The van der Waals surface area contributed by atoms with Crippen LogP contribution in [0.2, 0.25) is 0 Å². The number of nitrogens with zero attached hydrogens (tertiary/aromatic N) is 1. The molecule has 0 heterocycles. The molecule has 2 rings (SSSR count). The van der Waals surface area contributed by atoms with Crippen LogP contribution in [0.4, 0.5) is 4.79 Å². The highest BCUT2D eigenvalue weighted by Crippen LogP contribution is 2.26. The summed E-state index contributed by atoms with van der Waals surface area (Å²) in [6.07, 6.45) is 6.31. The van der Waals surface area contributed by atoms with Crippen molar-refractivity contribution >= 4 is 12.0 Å². The third-order valence-corrected chi connectivity index (χ3v) is 4.09. The number of hydrogen-bond acceptors (Lipinski definition) is 3. The summed E-state index contributed by atoms with van der Waals surface area (Å²) in [5.74, 6) is -1.33. The van der Waals surface area contributed by atoms with Gasteiger partial charge in [-0.25, -0.2) is 4.79 Å². The van der Waals surface area contributed by atoms with Gasteiger partial charge in [0.25, 0.3) is 0 Å². The summed E-state index contributed by atoms with van der Waals surface area (Å²) >= 11 is 0. The number of aliphatic carboxylic acids is 1. The van der Waals surface area contributed by atoms with Crippen LogP contribution in [0.25, 0.3) is 0 Å². The van der Waals surface area contributed by atoms with Gasteiger partial charge in [0, 0.05) is 18.6 Å². The van der Waals surface area contributed by atoms with E-state index in [0.29, 0.717) is 25.0 Å².